The smallest absolute Gasteiger partial charge is 0.234 e. The van der Waals surface area contributed by atoms with Gasteiger partial charge in [0.05, 0.1) is 0 Å². The normalized spacial score (nSPS) is 15.0. The second-order valence-electron chi connectivity index (χ2n) is 9.89. The van der Waals surface area contributed by atoms with Crippen molar-refractivity contribution in [1.82, 2.24) is 0 Å². The summed E-state index contributed by atoms with van der Waals surface area (Å²) in [6.45, 7) is 19.4. The largest absolute Gasteiger partial charge is 0.396 e. The molecule has 2 radical (unpaired) electrons. The molecule has 0 aliphatic carbocycles. The summed E-state index contributed by atoms with van der Waals surface area (Å²) in [5.41, 5.74) is 3.99. The van der Waals surface area contributed by atoms with Crippen LogP contribution in [-0.2, 0) is 15.7 Å². The monoisotopic (exact) mass is 672 g/mol. The van der Waals surface area contributed by atoms with Crippen molar-refractivity contribution in [1.29, 1.82) is 0 Å². The van der Waals surface area contributed by atoms with E-state index in [2.05, 4.69) is 123 Å². The third kappa shape index (κ3) is 8.12. The Bertz CT molecular complexity index is 667. The summed E-state index contributed by atoms with van der Waals surface area (Å²) in [7, 11) is -0.338. The van der Waals surface area contributed by atoms with Gasteiger partial charge >= 0.3 is 0 Å². The molecule has 2 atom stereocenters. The Balaban J connectivity index is 3.45. The summed E-state index contributed by atoms with van der Waals surface area (Å²) in [5.74, 6) is 0. The SMILES string of the molecule is CC(C)(C)c1cc(C(C)(C)P(I)[B]CCCO)cc(C(C)(C)P([B]I)CCCO)c1. The lowest BCUT2D eigenvalue weighted by Gasteiger charge is -2.39. The van der Waals surface area contributed by atoms with Crippen LogP contribution in [0.1, 0.15) is 78.0 Å². The van der Waals surface area contributed by atoms with Crippen molar-refractivity contribution in [2.45, 2.75) is 83.4 Å². The number of hydrogen-bond donors (Lipinski definition) is 2. The first-order valence-electron chi connectivity index (χ1n) is 10.7. The molecule has 8 heteroatoms. The lowest BCUT2D eigenvalue weighted by atomic mass is 9.82. The average molecular weight is 672 g/mol. The Hall–Kier alpha value is 1.59. The number of benzene rings is 1. The van der Waals surface area contributed by atoms with Crippen LogP contribution >= 0.6 is 57.7 Å². The van der Waals surface area contributed by atoms with E-state index in [0.717, 1.165) is 25.3 Å². The standard InChI is InChI=1S/C22H38B2I2O2P2/c1-20(2,3)17-14-18(21(4,5)29(24-25)13-9-12-28)16-19(15-17)22(6,7)30(26)23-10-8-11-27/h14-16,27-28H,8-13H2,1-7H3. The van der Waals surface area contributed by atoms with E-state index in [1.165, 1.54) is 16.7 Å². The number of aliphatic hydroxyl groups is 2. The first-order chi connectivity index (χ1) is 13.8. The minimum atomic E-state index is -0.340. The molecule has 0 aliphatic rings. The molecular formula is C22H38B2I2O2P2. The van der Waals surface area contributed by atoms with Crippen molar-refractivity contribution in [3.05, 3.63) is 34.9 Å². The van der Waals surface area contributed by atoms with E-state index in [0.29, 0.717) is 0 Å². The first kappa shape index (κ1) is 29.6. The highest BCUT2D eigenvalue weighted by atomic mass is 127. The molecular weight excluding hydrogens is 634 g/mol. The van der Waals surface area contributed by atoms with Crippen molar-refractivity contribution in [2.24, 2.45) is 0 Å². The predicted octanol–water partition coefficient (Wildman–Crippen LogP) is 7.54. The second-order valence-corrected chi connectivity index (χ2v) is 19.5. The molecule has 168 valence electrons. The third-order valence-corrected chi connectivity index (χ3v) is 17.2. The fourth-order valence-electron chi connectivity index (χ4n) is 3.27. The van der Waals surface area contributed by atoms with Crippen LogP contribution in [0.4, 0.5) is 0 Å². The molecule has 0 aromatic heterocycles. The van der Waals surface area contributed by atoms with Crippen molar-refractivity contribution < 1.29 is 10.2 Å². The highest BCUT2D eigenvalue weighted by Gasteiger charge is 2.35. The Kier molecular flexibility index (Phi) is 12.7. The summed E-state index contributed by atoms with van der Waals surface area (Å²) in [6.07, 6.45) is 3.75. The van der Waals surface area contributed by atoms with Crippen LogP contribution in [0.2, 0.25) is 6.32 Å². The van der Waals surface area contributed by atoms with E-state index in [1.54, 1.807) is 0 Å². The molecule has 2 unspecified atom stereocenters. The van der Waals surface area contributed by atoms with E-state index < -0.39 is 0 Å². The predicted molar refractivity (Wildman–Crippen MR) is 158 cm³/mol. The maximum atomic E-state index is 9.37. The van der Waals surface area contributed by atoms with Gasteiger partial charge in [0, 0.05) is 23.5 Å². The quantitative estimate of drug-likeness (QED) is 0.104. The van der Waals surface area contributed by atoms with E-state index in [9.17, 15) is 5.11 Å². The van der Waals surface area contributed by atoms with Gasteiger partial charge in [-0.3, -0.25) is 0 Å². The van der Waals surface area contributed by atoms with Crippen molar-refractivity contribution in [3.63, 3.8) is 0 Å². The summed E-state index contributed by atoms with van der Waals surface area (Å²) < 4.78 is 0. The molecule has 0 fully saturated rings. The maximum absolute atomic E-state index is 9.37. The van der Waals surface area contributed by atoms with Gasteiger partial charge in [-0.25, -0.2) is 0 Å². The van der Waals surface area contributed by atoms with Gasteiger partial charge in [0.1, 0.15) is 0 Å². The summed E-state index contributed by atoms with van der Waals surface area (Å²) >= 11 is 5.05. The van der Waals surface area contributed by atoms with Crippen LogP contribution in [0.5, 0.6) is 0 Å². The summed E-state index contributed by atoms with van der Waals surface area (Å²) in [4.78, 5) is 2.35. The van der Waals surface area contributed by atoms with Crippen molar-refractivity contribution >= 4 is 69.5 Å². The molecule has 1 aromatic rings. The molecule has 1 aromatic carbocycles. The third-order valence-electron chi connectivity index (χ3n) is 5.79. The molecule has 0 heterocycles. The molecule has 2 nitrogen and oxygen atoms in total. The van der Waals surface area contributed by atoms with Gasteiger partial charge in [-0.15, -0.1) is 7.80 Å². The zero-order valence-electron chi connectivity index (χ0n) is 19.7. The highest BCUT2D eigenvalue weighted by molar-refractivity contribution is 14.2. The number of aliphatic hydroxyl groups excluding tert-OH is 2. The zero-order valence-corrected chi connectivity index (χ0v) is 25.8. The first-order valence-corrected chi connectivity index (χ1v) is 17.7. The number of rotatable bonds is 12. The average Bonchev–Trinajstić information content (AvgIpc) is 2.67. The fourth-order valence-corrected chi connectivity index (χ4v) is 11.0. The van der Waals surface area contributed by atoms with Crippen LogP contribution < -0.4 is 0 Å². The molecule has 0 amide bonds. The molecule has 0 saturated heterocycles. The van der Waals surface area contributed by atoms with E-state index in [1.807, 2.05) is 0 Å². The van der Waals surface area contributed by atoms with Crippen LogP contribution in [-0.4, -0.2) is 41.4 Å². The van der Waals surface area contributed by atoms with Gasteiger partial charge in [-0.2, -0.15) is 22.4 Å². The van der Waals surface area contributed by atoms with E-state index >= 15 is 0 Å². The van der Waals surface area contributed by atoms with E-state index in [4.69, 9.17) is 5.11 Å². The number of halogens is 2. The number of hydrogen-bond acceptors (Lipinski definition) is 2. The second kappa shape index (κ2) is 12.9. The molecule has 30 heavy (non-hydrogen) atoms. The van der Waals surface area contributed by atoms with Crippen LogP contribution in [0.25, 0.3) is 0 Å². The Morgan fingerprint density at radius 3 is 1.80 bits per heavy atom. The Morgan fingerprint density at radius 1 is 0.833 bits per heavy atom. The van der Waals surface area contributed by atoms with Crippen molar-refractivity contribution in [3.8, 4) is 0 Å². The lowest BCUT2D eigenvalue weighted by Crippen LogP contribution is -2.24. The minimum absolute atomic E-state index is 0.0619. The zero-order chi connectivity index (χ0) is 23.2. The van der Waals surface area contributed by atoms with E-state index in [-0.39, 0.29) is 42.2 Å². The molecule has 0 aliphatic heterocycles. The molecule has 0 saturated carbocycles. The van der Waals surface area contributed by atoms with Gasteiger partial charge < -0.3 is 10.2 Å². The topological polar surface area (TPSA) is 40.5 Å². The molecule has 2 N–H and O–H groups in total. The highest BCUT2D eigenvalue weighted by Crippen LogP contribution is 2.62. The van der Waals surface area contributed by atoms with Crippen LogP contribution in [0.15, 0.2) is 18.2 Å². The molecule has 0 spiro atoms. The van der Waals surface area contributed by atoms with Gasteiger partial charge in [0.2, 0.25) is 4.86 Å². The van der Waals surface area contributed by atoms with Crippen molar-refractivity contribution in [2.75, 3.05) is 19.4 Å². The van der Waals surface area contributed by atoms with Gasteiger partial charge in [-0.05, 0) is 41.1 Å². The van der Waals surface area contributed by atoms with Crippen LogP contribution in [0.3, 0.4) is 0 Å². The Labute approximate surface area is 215 Å². The maximum Gasteiger partial charge on any atom is 0.234 e. The minimum Gasteiger partial charge on any atom is -0.396 e. The summed E-state index contributed by atoms with van der Waals surface area (Å²) in [5, 5.41) is 18.7. The fraction of sp³-hybridized carbons (Fsp3) is 0.727. The van der Waals surface area contributed by atoms with Gasteiger partial charge in [0.25, 0.3) is 0 Å². The molecule has 1 rings (SSSR count). The lowest BCUT2D eigenvalue weighted by molar-refractivity contribution is 0.295. The van der Waals surface area contributed by atoms with Gasteiger partial charge in [0.15, 0.2) is 7.00 Å². The Morgan fingerprint density at radius 2 is 1.33 bits per heavy atom. The van der Waals surface area contributed by atoms with Crippen LogP contribution in [0, 0.1) is 0 Å². The molecule has 0 bridgehead atoms. The summed E-state index contributed by atoms with van der Waals surface area (Å²) in [6, 6.07) is 7.31. The van der Waals surface area contributed by atoms with Gasteiger partial charge in [-0.1, -0.05) is 100 Å².